The molecule has 0 bridgehead atoms. The Morgan fingerprint density at radius 3 is 2.73 bits per heavy atom. The van der Waals surface area contributed by atoms with Gasteiger partial charge in [-0.3, -0.25) is 19.9 Å². The second-order valence-electron chi connectivity index (χ2n) is 4.97. The van der Waals surface area contributed by atoms with Gasteiger partial charge in [-0.15, -0.1) is 11.3 Å². The number of aliphatic imine (C=N–C) groups is 1. The molecule has 0 unspecified atom stereocenters. The van der Waals surface area contributed by atoms with Crippen molar-refractivity contribution in [3.05, 3.63) is 55.5 Å². The molecule has 7 heteroatoms. The average molecular weight is 317 g/mol. The van der Waals surface area contributed by atoms with Crippen LogP contribution >= 0.6 is 11.3 Å². The minimum Gasteiger partial charge on any atom is -0.294 e. The summed E-state index contributed by atoms with van der Waals surface area (Å²) in [6, 6.07) is 5.92. The van der Waals surface area contributed by atoms with Crippen LogP contribution in [0.5, 0.6) is 0 Å². The fourth-order valence-corrected chi connectivity index (χ4v) is 2.99. The largest absolute Gasteiger partial charge is 0.294 e. The fraction of sp³-hybridized carbons (Fsp3) is 0.267. The normalized spacial score (nSPS) is 10.7. The maximum atomic E-state index is 12.7. The predicted octanol–water partition coefficient (Wildman–Crippen LogP) is 3.61. The first-order valence-corrected chi connectivity index (χ1v) is 7.47. The Kier molecular flexibility index (Phi) is 4.77. The van der Waals surface area contributed by atoms with E-state index in [1.165, 1.54) is 29.5 Å². The van der Waals surface area contributed by atoms with Crippen molar-refractivity contribution in [2.75, 3.05) is 0 Å². The van der Waals surface area contributed by atoms with Gasteiger partial charge in [0, 0.05) is 12.0 Å². The van der Waals surface area contributed by atoms with Crippen LogP contribution < -0.4 is 0 Å². The molecule has 0 N–H and O–H groups in total. The van der Waals surface area contributed by atoms with Crippen molar-refractivity contribution >= 4 is 29.5 Å². The first-order chi connectivity index (χ1) is 10.5. The third-order valence-corrected chi connectivity index (χ3v) is 4.42. The Hall–Kier alpha value is -2.41. The quantitative estimate of drug-likeness (QED) is 0.352. The van der Waals surface area contributed by atoms with Crippen molar-refractivity contribution < 1.29 is 9.72 Å². The second-order valence-corrected chi connectivity index (χ2v) is 6.00. The number of ketones is 1. The first kappa shape index (κ1) is 16.0. The number of benzene rings is 1. The standard InChI is InChI=1S/C15H15N3O3S/c1-9(2)15-17-11(8-16-3)14(22-15)13(19)10-6-4-5-7-12(10)18(20)21/h4-7,9H,3,8H2,1-2H3. The van der Waals surface area contributed by atoms with Gasteiger partial charge < -0.3 is 0 Å². The molecule has 6 nitrogen and oxygen atoms in total. The van der Waals surface area contributed by atoms with Crippen LogP contribution in [0.15, 0.2) is 29.3 Å². The summed E-state index contributed by atoms with van der Waals surface area (Å²) in [6.07, 6.45) is 0. The van der Waals surface area contributed by atoms with E-state index < -0.39 is 10.7 Å². The van der Waals surface area contributed by atoms with Crippen LogP contribution in [-0.4, -0.2) is 22.4 Å². The van der Waals surface area contributed by atoms with Gasteiger partial charge in [-0.2, -0.15) is 0 Å². The number of aromatic nitrogens is 1. The van der Waals surface area contributed by atoms with Gasteiger partial charge in [0.25, 0.3) is 5.69 Å². The maximum Gasteiger partial charge on any atom is 0.280 e. The van der Waals surface area contributed by atoms with Crippen molar-refractivity contribution in [3.63, 3.8) is 0 Å². The highest BCUT2D eigenvalue weighted by Gasteiger charge is 2.25. The number of hydrogen-bond donors (Lipinski definition) is 0. The van der Waals surface area contributed by atoms with E-state index >= 15 is 0 Å². The molecule has 0 spiro atoms. The van der Waals surface area contributed by atoms with Crippen LogP contribution in [0.3, 0.4) is 0 Å². The van der Waals surface area contributed by atoms with E-state index in [9.17, 15) is 14.9 Å². The number of thiazole rings is 1. The van der Waals surface area contributed by atoms with E-state index in [-0.39, 0.29) is 23.7 Å². The molecular weight excluding hydrogens is 302 g/mol. The number of para-hydroxylation sites is 1. The van der Waals surface area contributed by atoms with E-state index in [4.69, 9.17) is 0 Å². The summed E-state index contributed by atoms with van der Waals surface area (Å²) >= 11 is 1.26. The molecule has 0 amide bonds. The topological polar surface area (TPSA) is 85.5 Å². The summed E-state index contributed by atoms with van der Waals surface area (Å²) in [4.78, 5) is 31.8. The Morgan fingerprint density at radius 2 is 2.14 bits per heavy atom. The highest BCUT2D eigenvalue weighted by Crippen LogP contribution is 2.30. The van der Waals surface area contributed by atoms with Crippen molar-refractivity contribution in [2.45, 2.75) is 26.3 Å². The lowest BCUT2D eigenvalue weighted by Gasteiger charge is -2.01. The number of carbonyl (C=O) groups is 1. The average Bonchev–Trinajstić information content (AvgIpc) is 2.91. The molecule has 1 aromatic carbocycles. The molecule has 1 aromatic heterocycles. The van der Waals surface area contributed by atoms with Crippen molar-refractivity contribution in [1.29, 1.82) is 0 Å². The van der Waals surface area contributed by atoms with Crippen molar-refractivity contribution in [1.82, 2.24) is 4.98 Å². The fourth-order valence-electron chi connectivity index (χ4n) is 1.95. The number of rotatable bonds is 6. The third-order valence-electron chi connectivity index (χ3n) is 3.02. The predicted molar refractivity (Wildman–Crippen MR) is 86.0 cm³/mol. The molecule has 0 saturated heterocycles. The summed E-state index contributed by atoms with van der Waals surface area (Å²) in [5.41, 5.74) is 0.383. The molecule has 0 aliphatic rings. The van der Waals surface area contributed by atoms with Gasteiger partial charge >= 0.3 is 0 Å². The summed E-state index contributed by atoms with van der Waals surface area (Å²) in [5, 5.41) is 11.9. The second kappa shape index (κ2) is 6.57. The van der Waals surface area contributed by atoms with Gasteiger partial charge in [-0.05, 0) is 12.8 Å². The van der Waals surface area contributed by atoms with Crippen LogP contribution in [0, 0.1) is 10.1 Å². The minimum absolute atomic E-state index is 0.0665. The van der Waals surface area contributed by atoms with Crippen molar-refractivity contribution in [2.24, 2.45) is 4.99 Å². The van der Waals surface area contributed by atoms with Crippen molar-refractivity contribution in [3.8, 4) is 0 Å². The zero-order chi connectivity index (χ0) is 16.3. The van der Waals surface area contributed by atoms with Crippen LogP contribution in [0.1, 0.15) is 45.7 Å². The molecule has 2 aromatic rings. The summed E-state index contributed by atoms with van der Waals surface area (Å²) in [7, 11) is 0. The Bertz CT molecular complexity index is 737. The third kappa shape index (κ3) is 3.09. The van der Waals surface area contributed by atoms with E-state index in [0.717, 1.165) is 5.01 Å². The SMILES string of the molecule is C=NCc1nc(C(C)C)sc1C(=O)c1ccccc1[N+](=O)[O-]. The molecule has 22 heavy (non-hydrogen) atoms. The van der Waals surface area contributed by atoms with Gasteiger partial charge in [0.2, 0.25) is 5.78 Å². The smallest absolute Gasteiger partial charge is 0.280 e. The number of hydrogen-bond acceptors (Lipinski definition) is 6. The Morgan fingerprint density at radius 1 is 1.45 bits per heavy atom. The Balaban J connectivity index is 2.54. The minimum atomic E-state index is -0.553. The van der Waals surface area contributed by atoms with Gasteiger partial charge in [0.05, 0.1) is 22.2 Å². The lowest BCUT2D eigenvalue weighted by atomic mass is 10.1. The maximum absolute atomic E-state index is 12.7. The van der Waals surface area contributed by atoms with E-state index in [2.05, 4.69) is 16.7 Å². The molecule has 2 rings (SSSR count). The van der Waals surface area contributed by atoms with Crippen LogP contribution in [0.2, 0.25) is 0 Å². The molecule has 0 fully saturated rings. The van der Waals surface area contributed by atoms with Gasteiger partial charge in [0.15, 0.2) is 0 Å². The van der Waals surface area contributed by atoms with Gasteiger partial charge in [0.1, 0.15) is 10.4 Å². The van der Waals surface area contributed by atoms with Crippen LogP contribution in [-0.2, 0) is 6.54 Å². The molecule has 0 aliphatic heterocycles. The molecule has 0 aliphatic carbocycles. The lowest BCUT2D eigenvalue weighted by Crippen LogP contribution is -2.06. The lowest BCUT2D eigenvalue weighted by molar-refractivity contribution is -0.385. The van der Waals surface area contributed by atoms with Gasteiger partial charge in [-0.25, -0.2) is 4.98 Å². The number of nitro groups is 1. The van der Waals surface area contributed by atoms with Gasteiger partial charge in [-0.1, -0.05) is 26.0 Å². The summed E-state index contributed by atoms with van der Waals surface area (Å²) < 4.78 is 0. The molecule has 0 radical (unpaired) electrons. The molecule has 114 valence electrons. The van der Waals surface area contributed by atoms with Crippen LogP contribution in [0.4, 0.5) is 5.69 Å². The number of nitrogens with zero attached hydrogens (tertiary/aromatic N) is 3. The number of nitro benzene ring substituents is 1. The molecule has 0 saturated carbocycles. The highest BCUT2D eigenvalue weighted by molar-refractivity contribution is 7.14. The monoisotopic (exact) mass is 317 g/mol. The number of carbonyl (C=O) groups excluding carboxylic acids is 1. The van der Waals surface area contributed by atoms with Crippen LogP contribution in [0.25, 0.3) is 0 Å². The summed E-state index contributed by atoms with van der Waals surface area (Å²) in [5.74, 6) is -0.226. The van der Waals surface area contributed by atoms with E-state index in [1.807, 2.05) is 13.8 Å². The molecule has 0 atom stereocenters. The molecule has 1 heterocycles. The zero-order valence-corrected chi connectivity index (χ0v) is 13.1. The zero-order valence-electron chi connectivity index (χ0n) is 12.3. The summed E-state index contributed by atoms with van der Waals surface area (Å²) in [6.45, 7) is 7.59. The van der Waals surface area contributed by atoms with E-state index in [1.54, 1.807) is 6.07 Å². The van der Waals surface area contributed by atoms with E-state index in [0.29, 0.717) is 10.6 Å². The Labute approximate surface area is 131 Å². The first-order valence-electron chi connectivity index (χ1n) is 6.66. The highest BCUT2D eigenvalue weighted by atomic mass is 32.1. The molecular formula is C15H15N3O3S.